The number of carbonyl (C=O) groups excluding carboxylic acids is 2. The van der Waals surface area contributed by atoms with Gasteiger partial charge >= 0.3 is 0 Å². The van der Waals surface area contributed by atoms with Gasteiger partial charge in [0, 0.05) is 42.3 Å². The first-order valence-corrected chi connectivity index (χ1v) is 14.6. The lowest BCUT2D eigenvalue weighted by molar-refractivity contribution is -0.109. The summed E-state index contributed by atoms with van der Waals surface area (Å²) in [6, 6.07) is 26.7. The number of anilines is 1. The van der Waals surface area contributed by atoms with Crippen molar-refractivity contribution in [3.05, 3.63) is 101 Å². The Labute approximate surface area is 253 Å². The van der Waals surface area contributed by atoms with Gasteiger partial charge in [-0.05, 0) is 36.1 Å². The average Bonchev–Trinajstić information content (AvgIpc) is 3.48. The van der Waals surface area contributed by atoms with Crippen LogP contribution in [0, 0.1) is 0 Å². The van der Waals surface area contributed by atoms with Crippen LogP contribution in [0.2, 0.25) is 5.02 Å². The fraction of sp³-hybridized carbons (Fsp3) is 0.212. The van der Waals surface area contributed by atoms with E-state index in [1.54, 1.807) is 11.0 Å². The number of rotatable bonds is 9. The number of H-pyrrole nitrogens is 1. The third kappa shape index (κ3) is 5.82. The molecule has 3 heterocycles. The van der Waals surface area contributed by atoms with Crippen LogP contribution in [0.3, 0.4) is 0 Å². The van der Waals surface area contributed by atoms with Gasteiger partial charge in [0.25, 0.3) is 5.91 Å². The van der Waals surface area contributed by atoms with Crippen LogP contribution < -0.4 is 10.6 Å². The molecule has 1 fully saturated rings. The van der Waals surface area contributed by atoms with E-state index in [-0.39, 0.29) is 5.91 Å². The van der Waals surface area contributed by atoms with Gasteiger partial charge in [-0.2, -0.15) is 0 Å². The van der Waals surface area contributed by atoms with Crippen molar-refractivity contribution in [2.75, 3.05) is 31.5 Å². The minimum Gasteiger partial charge on any atom is -0.385 e. The topological polar surface area (TPSA) is 123 Å². The summed E-state index contributed by atoms with van der Waals surface area (Å²) >= 11 is 6.51. The zero-order chi connectivity index (χ0) is 29.8. The van der Waals surface area contributed by atoms with E-state index >= 15 is 0 Å². The lowest BCUT2D eigenvalue weighted by atomic mass is 9.80. The van der Waals surface area contributed by atoms with E-state index in [4.69, 9.17) is 21.6 Å². The molecule has 0 bridgehead atoms. The molecule has 1 saturated heterocycles. The zero-order valence-electron chi connectivity index (χ0n) is 23.4. The van der Waals surface area contributed by atoms with Crippen LogP contribution in [0.1, 0.15) is 28.9 Å². The Morgan fingerprint density at radius 2 is 1.65 bits per heavy atom. The molecular formula is C33H31ClN6O3. The molecule has 0 aliphatic carbocycles. The maximum Gasteiger partial charge on any atom is 0.270 e. The summed E-state index contributed by atoms with van der Waals surface area (Å²) in [5, 5.41) is 19.0. The lowest BCUT2D eigenvalue weighted by Crippen LogP contribution is -2.45. The highest BCUT2D eigenvalue weighted by molar-refractivity contribution is 6.33. The summed E-state index contributed by atoms with van der Waals surface area (Å²) in [5.74, 6) is 0.908. The Morgan fingerprint density at radius 1 is 0.953 bits per heavy atom. The van der Waals surface area contributed by atoms with Crippen LogP contribution in [-0.2, 0) is 10.4 Å². The highest BCUT2D eigenvalue weighted by atomic mass is 35.5. The van der Waals surface area contributed by atoms with Crippen LogP contribution in [0.4, 0.5) is 5.82 Å². The first-order valence-electron chi connectivity index (χ1n) is 14.2. The van der Waals surface area contributed by atoms with Gasteiger partial charge in [0.15, 0.2) is 5.82 Å². The number of piperidine rings is 1. The molecule has 1 aliphatic rings. The van der Waals surface area contributed by atoms with Crippen molar-refractivity contribution in [2.45, 2.75) is 18.4 Å². The smallest absolute Gasteiger partial charge is 0.270 e. The predicted octanol–water partition coefficient (Wildman–Crippen LogP) is 5.23. The summed E-state index contributed by atoms with van der Waals surface area (Å²) in [4.78, 5) is 38.8. The number of aromatic nitrogens is 3. The van der Waals surface area contributed by atoms with Gasteiger partial charge in [-0.15, -0.1) is 0 Å². The van der Waals surface area contributed by atoms with E-state index in [0.717, 1.165) is 22.3 Å². The molecule has 0 unspecified atom stereocenters. The Morgan fingerprint density at radius 3 is 2.40 bits per heavy atom. The quantitative estimate of drug-likeness (QED) is 0.137. The largest absolute Gasteiger partial charge is 0.385 e. The van der Waals surface area contributed by atoms with Gasteiger partial charge < -0.3 is 25.6 Å². The van der Waals surface area contributed by atoms with Crippen LogP contribution in [-0.4, -0.2) is 63.5 Å². The summed E-state index contributed by atoms with van der Waals surface area (Å²) < 4.78 is 0. The molecule has 0 spiro atoms. The fourth-order valence-electron chi connectivity index (χ4n) is 5.61. The van der Waals surface area contributed by atoms with E-state index < -0.39 is 5.60 Å². The molecule has 5 aromatic rings. The molecule has 218 valence electrons. The van der Waals surface area contributed by atoms with Crippen molar-refractivity contribution in [3.8, 4) is 22.5 Å². The minimum atomic E-state index is -1.10. The van der Waals surface area contributed by atoms with E-state index in [1.807, 2.05) is 78.9 Å². The van der Waals surface area contributed by atoms with Crippen molar-refractivity contribution in [3.63, 3.8) is 0 Å². The second-order valence-corrected chi connectivity index (χ2v) is 11.0. The number of nitrogens with zero attached hydrogens (tertiary/aromatic N) is 3. The van der Waals surface area contributed by atoms with Gasteiger partial charge in [-0.1, -0.05) is 84.4 Å². The summed E-state index contributed by atoms with van der Waals surface area (Å²) in [6.45, 7) is 1.63. The number of carbonyl (C=O) groups is 2. The molecule has 4 N–H and O–H groups in total. The van der Waals surface area contributed by atoms with E-state index in [1.165, 1.54) is 0 Å². The normalized spacial score (nSPS) is 14.4. The van der Waals surface area contributed by atoms with Crippen LogP contribution in [0.25, 0.3) is 33.5 Å². The van der Waals surface area contributed by atoms with Crippen molar-refractivity contribution < 1.29 is 14.7 Å². The monoisotopic (exact) mass is 594 g/mol. The van der Waals surface area contributed by atoms with Crippen molar-refractivity contribution >= 4 is 40.8 Å². The molecule has 6 rings (SSSR count). The van der Waals surface area contributed by atoms with E-state index in [2.05, 4.69) is 15.6 Å². The number of hydrogen-bond acceptors (Lipinski definition) is 6. The number of halogens is 1. The first-order chi connectivity index (χ1) is 21.0. The van der Waals surface area contributed by atoms with E-state index in [0.29, 0.717) is 78.8 Å². The number of likely N-dealkylation sites (tertiary alicyclic amines) is 1. The molecule has 2 aromatic heterocycles. The number of amides is 2. The second kappa shape index (κ2) is 12.2. The van der Waals surface area contributed by atoms with Gasteiger partial charge in [-0.25, -0.2) is 9.97 Å². The Hall–Kier alpha value is -4.73. The van der Waals surface area contributed by atoms with Crippen molar-refractivity contribution in [1.29, 1.82) is 0 Å². The number of benzene rings is 3. The number of nitrogens with one attached hydrogen (secondary N) is 3. The number of aliphatic hydroxyl groups is 1. The fourth-order valence-corrected chi connectivity index (χ4v) is 5.85. The number of hydrogen-bond donors (Lipinski definition) is 4. The highest BCUT2D eigenvalue weighted by Crippen LogP contribution is 2.41. The van der Waals surface area contributed by atoms with Crippen molar-refractivity contribution in [2.24, 2.45) is 0 Å². The number of fused-ring (bicyclic) bond motifs is 1. The van der Waals surface area contributed by atoms with Gasteiger partial charge in [0.05, 0.1) is 11.0 Å². The maximum atomic E-state index is 13.7. The molecule has 43 heavy (non-hydrogen) atoms. The Kier molecular flexibility index (Phi) is 8.09. The molecule has 10 heteroatoms. The summed E-state index contributed by atoms with van der Waals surface area (Å²) in [7, 11) is 0. The molecule has 2 amide bonds. The molecule has 0 radical (unpaired) electrons. The standard InChI is InChI=1S/C33H31ClN6O3/c34-27-13-7-5-11-24(27)23-10-4-6-12-26(23)33(43)14-18-40(19-15-33)32(42)28-20-25-30(36-17-16-35-21-41)38-29(39-31(25)37-28)22-8-2-1-3-9-22/h1-13,20-21,43H,14-19H2,(H,35,41)(H2,36,37,38,39). The third-order valence-electron chi connectivity index (χ3n) is 7.87. The Bertz CT molecular complexity index is 1770. The van der Waals surface area contributed by atoms with Gasteiger partial charge in [-0.3, -0.25) is 9.59 Å². The van der Waals surface area contributed by atoms with Crippen LogP contribution in [0.5, 0.6) is 0 Å². The van der Waals surface area contributed by atoms with Gasteiger partial charge in [0.2, 0.25) is 6.41 Å². The first kappa shape index (κ1) is 28.4. The maximum absolute atomic E-state index is 13.7. The molecule has 9 nitrogen and oxygen atoms in total. The molecule has 3 aromatic carbocycles. The SMILES string of the molecule is O=CNCCNc1nc(-c2ccccc2)nc2[nH]c(C(=O)N3CCC(O)(c4ccccc4-c4ccccc4Cl)CC3)cc12. The third-order valence-corrected chi connectivity index (χ3v) is 8.19. The Balaban J connectivity index is 1.24. The van der Waals surface area contributed by atoms with Crippen molar-refractivity contribution in [1.82, 2.24) is 25.2 Å². The van der Waals surface area contributed by atoms with Gasteiger partial charge in [0.1, 0.15) is 17.2 Å². The number of aromatic amines is 1. The predicted molar refractivity (Wildman–Crippen MR) is 168 cm³/mol. The summed E-state index contributed by atoms with van der Waals surface area (Å²) in [6.07, 6.45) is 1.42. The zero-order valence-corrected chi connectivity index (χ0v) is 24.1. The molecule has 0 atom stereocenters. The highest BCUT2D eigenvalue weighted by Gasteiger charge is 2.37. The molecule has 1 aliphatic heterocycles. The second-order valence-electron chi connectivity index (χ2n) is 10.6. The summed E-state index contributed by atoms with van der Waals surface area (Å²) in [5.41, 5.74) is 3.23. The minimum absolute atomic E-state index is 0.172. The van der Waals surface area contributed by atoms with Crippen LogP contribution in [0.15, 0.2) is 84.9 Å². The molecular weight excluding hydrogens is 564 g/mol. The molecule has 0 saturated carbocycles. The lowest BCUT2D eigenvalue weighted by Gasteiger charge is -2.39. The van der Waals surface area contributed by atoms with E-state index in [9.17, 15) is 14.7 Å². The van der Waals surface area contributed by atoms with Crippen LogP contribution >= 0.6 is 11.6 Å². The average molecular weight is 595 g/mol.